The highest BCUT2D eigenvalue weighted by Crippen LogP contribution is 2.32. The summed E-state index contributed by atoms with van der Waals surface area (Å²) in [6.07, 6.45) is 6.54. The summed E-state index contributed by atoms with van der Waals surface area (Å²) in [5.74, 6) is 5.39. The smallest absolute Gasteiger partial charge is 0.255 e. The fraction of sp³-hybridized carbons (Fsp3) is 0.500. The Labute approximate surface area is 108 Å². The molecular weight excluding hydrogens is 226 g/mol. The Morgan fingerprint density at radius 2 is 1.78 bits per heavy atom. The van der Waals surface area contributed by atoms with Crippen molar-refractivity contribution in [1.29, 1.82) is 0 Å². The van der Waals surface area contributed by atoms with Gasteiger partial charge >= 0.3 is 0 Å². The van der Waals surface area contributed by atoms with Gasteiger partial charge in [-0.2, -0.15) is 0 Å². The Kier molecular flexibility index (Phi) is 4.33. The molecule has 5 N–H and O–H groups in total. The van der Waals surface area contributed by atoms with E-state index >= 15 is 0 Å². The van der Waals surface area contributed by atoms with Crippen LogP contribution < -0.4 is 17.0 Å². The van der Waals surface area contributed by atoms with Crippen LogP contribution in [0.15, 0.2) is 24.3 Å². The highest BCUT2D eigenvalue weighted by Gasteiger charge is 2.17. The van der Waals surface area contributed by atoms with Crippen LogP contribution in [0.5, 0.6) is 0 Å². The summed E-state index contributed by atoms with van der Waals surface area (Å²) in [5, 5.41) is 0. The van der Waals surface area contributed by atoms with Crippen molar-refractivity contribution in [3.05, 3.63) is 35.4 Å². The van der Waals surface area contributed by atoms with Crippen LogP contribution in [0.2, 0.25) is 0 Å². The van der Waals surface area contributed by atoms with Crippen molar-refractivity contribution >= 4 is 5.91 Å². The molecule has 0 aliphatic heterocycles. The number of carbonyl (C=O) groups is 1. The van der Waals surface area contributed by atoms with E-state index in [1.165, 1.54) is 37.7 Å². The Morgan fingerprint density at radius 3 is 2.33 bits per heavy atom. The maximum atomic E-state index is 11.3. The van der Waals surface area contributed by atoms with Crippen molar-refractivity contribution in [2.45, 2.75) is 44.1 Å². The summed E-state index contributed by atoms with van der Waals surface area (Å²) in [6.45, 7) is 0. The van der Waals surface area contributed by atoms with Crippen molar-refractivity contribution < 1.29 is 4.79 Å². The molecule has 0 saturated heterocycles. The van der Waals surface area contributed by atoms with Crippen molar-refractivity contribution in [2.24, 2.45) is 11.6 Å². The molecule has 0 aromatic heterocycles. The van der Waals surface area contributed by atoms with Gasteiger partial charge in [-0.15, -0.1) is 0 Å². The van der Waals surface area contributed by atoms with Gasteiger partial charge in [0, 0.05) is 0 Å². The lowest BCUT2D eigenvalue weighted by Gasteiger charge is -2.22. The average Bonchev–Trinajstić information content (AvgIpc) is 2.47. The lowest BCUT2D eigenvalue weighted by atomic mass is 9.84. The average molecular weight is 247 g/mol. The van der Waals surface area contributed by atoms with Crippen LogP contribution >= 0.6 is 0 Å². The van der Waals surface area contributed by atoms with Gasteiger partial charge in [0.1, 0.15) is 6.04 Å². The third-order valence-electron chi connectivity index (χ3n) is 3.80. The van der Waals surface area contributed by atoms with Crippen LogP contribution in [-0.2, 0) is 4.79 Å². The maximum Gasteiger partial charge on any atom is 0.255 e. The number of rotatable bonds is 3. The molecule has 1 amide bonds. The van der Waals surface area contributed by atoms with Gasteiger partial charge in [0.05, 0.1) is 0 Å². The second-order valence-electron chi connectivity index (χ2n) is 4.99. The number of hydrogen-bond acceptors (Lipinski definition) is 3. The molecule has 18 heavy (non-hydrogen) atoms. The van der Waals surface area contributed by atoms with E-state index in [1.807, 2.05) is 12.1 Å². The monoisotopic (exact) mass is 247 g/mol. The van der Waals surface area contributed by atoms with E-state index in [-0.39, 0.29) is 5.91 Å². The van der Waals surface area contributed by atoms with Gasteiger partial charge in [0.25, 0.3) is 5.91 Å². The molecule has 1 aromatic carbocycles. The third kappa shape index (κ3) is 2.89. The molecule has 1 fully saturated rings. The third-order valence-corrected chi connectivity index (χ3v) is 3.80. The molecule has 1 aromatic rings. The summed E-state index contributed by atoms with van der Waals surface area (Å²) < 4.78 is 0. The highest BCUT2D eigenvalue weighted by molar-refractivity contribution is 5.82. The predicted octanol–water partition coefficient (Wildman–Crippen LogP) is 1.72. The van der Waals surface area contributed by atoms with Crippen LogP contribution in [0.4, 0.5) is 0 Å². The number of nitrogens with two attached hydrogens (primary N) is 2. The minimum Gasteiger partial charge on any atom is -0.316 e. The van der Waals surface area contributed by atoms with Crippen molar-refractivity contribution in [3.63, 3.8) is 0 Å². The number of hydrazine groups is 1. The quantitative estimate of drug-likeness (QED) is 0.432. The van der Waals surface area contributed by atoms with Gasteiger partial charge < -0.3 is 5.73 Å². The topological polar surface area (TPSA) is 81.1 Å². The Balaban J connectivity index is 2.07. The fourth-order valence-electron chi connectivity index (χ4n) is 2.65. The van der Waals surface area contributed by atoms with Crippen molar-refractivity contribution in [3.8, 4) is 0 Å². The van der Waals surface area contributed by atoms with E-state index in [1.54, 1.807) is 0 Å². The van der Waals surface area contributed by atoms with Gasteiger partial charge in [-0.1, -0.05) is 43.5 Å². The molecule has 1 aliphatic carbocycles. The summed E-state index contributed by atoms with van der Waals surface area (Å²) in [6, 6.07) is 7.37. The van der Waals surface area contributed by atoms with Crippen LogP contribution in [0.1, 0.15) is 55.2 Å². The van der Waals surface area contributed by atoms with Gasteiger partial charge in [-0.05, 0) is 29.9 Å². The molecule has 4 heteroatoms. The Morgan fingerprint density at radius 1 is 1.17 bits per heavy atom. The van der Waals surface area contributed by atoms with Crippen LogP contribution in [-0.4, -0.2) is 5.91 Å². The molecule has 1 saturated carbocycles. The van der Waals surface area contributed by atoms with Gasteiger partial charge in [-0.25, -0.2) is 5.84 Å². The Hall–Kier alpha value is -1.39. The summed E-state index contributed by atoms with van der Waals surface area (Å²) in [4.78, 5) is 11.3. The molecular formula is C14H21N3O. The standard InChI is InChI=1S/C14H21N3O/c15-13(14(18)17-16)12-8-6-11(7-9-12)10-4-2-1-3-5-10/h6-10,13H,1-5,15-16H2,(H,17,18). The minimum atomic E-state index is -0.685. The number of benzene rings is 1. The first kappa shape index (κ1) is 13.1. The van der Waals surface area contributed by atoms with E-state index < -0.39 is 6.04 Å². The normalized spacial score (nSPS) is 18.3. The zero-order valence-corrected chi connectivity index (χ0v) is 10.6. The molecule has 0 spiro atoms. The lowest BCUT2D eigenvalue weighted by Crippen LogP contribution is -2.38. The largest absolute Gasteiger partial charge is 0.316 e. The molecule has 0 heterocycles. The van der Waals surface area contributed by atoms with Gasteiger partial charge in [0.2, 0.25) is 0 Å². The molecule has 2 rings (SSSR count). The maximum absolute atomic E-state index is 11.3. The second kappa shape index (κ2) is 5.98. The first-order valence-corrected chi connectivity index (χ1v) is 6.58. The van der Waals surface area contributed by atoms with Gasteiger partial charge in [-0.3, -0.25) is 10.2 Å². The highest BCUT2D eigenvalue weighted by atomic mass is 16.2. The van der Waals surface area contributed by atoms with Crippen molar-refractivity contribution in [1.82, 2.24) is 5.43 Å². The zero-order chi connectivity index (χ0) is 13.0. The first-order valence-electron chi connectivity index (χ1n) is 6.58. The van der Waals surface area contributed by atoms with Crippen LogP contribution in [0, 0.1) is 0 Å². The first-order chi connectivity index (χ1) is 8.72. The number of nitrogens with one attached hydrogen (secondary N) is 1. The van der Waals surface area contributed by atoms with Crippen LogP contribution in [0.25, 0.3) is 0 Å². The van der Waals surface area contributed by atoms with E-state index in [2.05, 4.69) is 17.6 Å². The molecule has 0 bridgehead atoms. The molecule has 1 aliphatic rings. The SMILES string of the molecule is NNC(=O)C(N)c1ccc(C2CCCCC2)cc1. The zero-order valence-electron chi connectivity index (χ0n) is 10.6. The molecule has 4 nitrogen and oxygen atoms in total. The van der Waals surface area contributed by atoms with E-state index in [0.717, 1.165) is 5.56 Å². The van der Waals surface area contributed by atoms with Crippen molar-refractivity contribution in [2.75, 3.05) is 0 Å². The molecule has 1 atom stereocenters. The number of carbonyl (C=O) groups excluding carboxylic acids is 1. The number of amides is 1. The summed E-state index contributed by atoms with van der Waals surface area (Å²) in [5.41, 5.74) is 10.0. The molecule has 98 valence electrons. The minimum absolute atomic E-state index is 0.361. The lowest BCUT2D eigenvalue weighted by molar-refractivity contribution is -0.122. The van der Waals surface area contributed by atoms with E-state index in [0.29, 0.717) is 5.92 Å². The summed E-state index contributed by atoms with van der Waals surface area (Å²) in [7, 11) is 0. The second-order valence-corrected chi connectivity index (χ2v) is 4.99. The predicted molar refractivity (Wildman–Crippen MR) is 71.5 cm³/mol. The molecule has 1 unspecified atom stereocenters. The van der Waals surface area contributed by atoms with Crippen LogP contribution in [0.3, 0.4) is 0 Å². The molecule has 0 radical (unpaired) electrons. The Bertz CT molecular complexity index is 396. The van der Waals surface area contributed by atoms with E-state index in [9.17, 15) is 4.79 Å². The van der Waals surface area contributed by atoms with Gasteiger partial charge in [0.15, 0.2) is 0 Å². The number of hydrogen-bond donors (Lipinski definition) is 3. The fourth-order valence-corrected chi connectivity index (χ4v) is 2.65. The van der Waals surface area contributed by atoms with E-state index in [4.69, 9.17) is 11.6 Å². The summed E-state index contributed by atoms with van der Waals surface area (Å²) >= 11 is 0.